The summed E-state index contributed by atoms with van der Waals surface area (Å²) in [5, 5.41) is 10.8. The normalized spacial score (nSPS) is 51.2. The Morgan fingerprint density at radius 2 is 1.48 bits per heavy atom. The van der Waals surface area contributed by atoms with Gasteiger partial charge in [-0.15, -0.1) is 0 Å². The molecular weight excluding hydrogens is 717 g/mol. The van der Waals surface area contributed by atoms with E-state index in [9.17, 15) is 18.3 Å². The van der Waals surface area contributed by atoms with Crippen LogP contribution < -0.4 is 0 Å². The molecule has 12 bridgehead atoms. The van der Waals surface area contributed by atoms with Crippen molar-refractivity contribution in [2.45, 2.75) is 195 Å². The Morgan fingerprint density at radius 3 is 2.30 bits per heavy atom. The van der Waals surface area contributed by atoms with Crippen LogP contribution in [0.4, 0.5) is 0 Å². The third kappa shape index (κ3) is 7.34. The molecule has 13 heteroatoms. The summed E-state index contributed by atoms with van der Waals surface area (Å²) < 4.78 is 77.9. The maximum absolute atomic E-state index is 14.1. The van der Waals surface area contributed by atoms with Gasteiger partial charge in [0.25, 0.3) is 0 Å². The van der Waals surface area contributed by atoms with Gasteiger partial charge in [-0.25, -0.2) is 8.42 Å². The number of aliphatic hydroxyl groups excluding tert-OH is 1. The Bertz CT molecular complexity index is 1580. The quantitative estimate of drug-likeness (QED) is 0.410. The summed E-state index contributed by atoms with van der Waals surface area (Å²) in [7, 11) is -3.38. The third-order valence-electron chi connectivity index (χ3n) is 14.4. The molecule has 0 radical (unpaired) electrons. The second-order valence-electron chi connectivity index (χ2n) is 18.4. The van der Waals surface area contributed by atoms with E-state index in [1.54, 1.807) is 0 Å². The minimum Gasteiger partial charge on any atom is -0.392 e. The molecule has 19 atom stereocenters. The number of aliphatic hydroxyl groups is 1. The Labute approximate surface area is 319 Å². The largest absolute Gasteiger partial charge is 0.392 e. The molecule has 0 aliphatic carbocycles. The topological polar surface area (TPSA) is 145 Å². The first kappa shape index (κ1) is 38.3. The lowest BCUT2D eigenvalue weighted by molar-refractivity contribution is -0.292. The smallest absolute Gasteiger partial charge is 0.172 e. The van der Waals surface area contributed by atoms with Crippen LogP contribution in [0.1, 0.15) is 97.3 Å². The fourth-order valence-corrected chi connectivity index (χ4v) is 12.4. The fourth-order valence-electron chi connectivity index (χ4n) is 11.6. The van der Waals surface area contributed by atoms with Crippen LogP contribution in [0.5, 0.6) is 0 Å². The van der Waals surface area contributed by atoms with Crippen molar-refractivity contribution in [2.75, 3.05) is 12.0 Å². The number of Topliss-reactive ketones (excluding diaryl/α,β-unsaturated/α-hetero) is 1. The summed E-state index contributed by atoms with van der Waals surface area (Å²) in [4.78, 5) is 14.1. The van der Waals surface area contributed by atoms with E-state index >= 15 is 0 Å². The zero-order valence-corrected chi connectivity index (χ0v) is 32.9. The zero-order valence-electron chi connectivity index (χ0n) is 32.1. The van der Waals surface area contributed by atoms with Crippen LogP contribution in [-0.4, -0.2) is 129 Å². The number of ether oxygens (including phenoxy) is 8. The van der Waals surface area contributed by atoms with Crippen molar-refractivity contribution < 1.29 is 56.2 Å². The van der Waals surface area contributed by atoms with E-state index in [-0.39, 0.29) is 121 Å². The van der Waals surface area contributed by atoms with Gasteiger partial charge in [0, 0.05) is 44.8 Å². The molecule has 3 unspecified atom stereocenters. The van der Waals surface area contributed by atoms with Crippen molar-refractivity contribution in [1.29, 1.82) is 0 Å². The highest BCUT2D eigenvalue weighted by molar-refractivity contribution is 7.90. The predicted molar refractivity (Wildman–Crippen MR) is 195 cm³/mol. The maximum Gasteiger partial charge on any atom is 0.172 e. The maximum atomic E-state index is 14.1. The van der Waals surface area contributed by atoms with E-state index in [1.165, 1.54) is 0 Å². The molecule has 54 heavy (non-hydrogen) atoms. The average Bonchev–Trinajstić information content (AvgIpc) is 3.76. The number of carbonyl (C=O) groups is 1. The van der Waals surface area contributed by atoms with E-state index in [2.05, 4.69) is 27.0 Å². The van der Waals surface area contributed by atoms with Gasteiger partial charge in [-0.2, -0.15) is 0 Å². The molecule has 10 saturated heterocycles. The molecule has 10 aliphatic rings. The molecule has 0 saturated carbocycles. The zero-order chi connectivity index (χ0) is 37.7. The number of ketones is 1. The van der Waals surface area contributed by atoms with Crippen molar-refractivity contribution in [1.82, 2.24) is 0 Å². The molecule has 1 spiro atoms. The van der Waals surface area contributed by atoms with Gasteiger partial charge in [-0.3, -0.25) is 4.79 Å². The average molecular weight is 777 g/mol. The lowest BCUT2D eigenvalue weighted by Crippen LogP contribution is -2.61. The second kappa shape index (κ2) is 14.5. The van der Waals surface area contributed by atoms with Gasteiger partial charge < -0.3 is 43.0 Å². The number of hydrogen-bond acceptors (Lipinski definition) is 12. The summed E-state index contributed by atoms with van der Waals surface area (Å²) in [6.07, 6.45) is 5.48. The van der Waals surface area contributed by atoms with Crippen LogP contribution >= 0.6 is 0 Å². The molecule has 0 aromatic carbocycles. The number of carbonyl (C=O) groups excluding carboxylic acids is 1. The number of sulfone groups is 1. The van der Waals surface area contributed by atoms with E-state index in [0.29, 0.717) is 32.1 Å². The molecule has 1 N–H and O–H groups in total. The minimum atomic E-state index is -3.38. The van der Waals surface area contributed by atoms with Crippen LogP contribution in [0.25, 0.3) is 0 Å². The van der Waals surface area contributed by atoms with E-state index in [0.717, 1.165) is 55.9 Å². The first-order chi connectivity index (χ1) is 25.7. The van der Waals surface area contributed by atoms with Gasteiger partial charge in [0.1, 0.15) is 46.1 Å². The second-order valence-corrected chi connectivity index (χ2v) is 20.6. The summed E-state index contributed by atoms with van der Waals surface area (Å²) >= 11 is 0. The van der Waals surface area contributed by atoms with Gasteiger partial charge in [-0.05, 0) is 73.8 Å². The van der Waals surface area contributed by atoms with Gasteiger partial charge >= 0.3 is 0 Å². The van der Waals surface area contributed by atoms with Gasteiger partial charge in [0.05, 0.1) is 66.8 Å². The number of hydrogen-bond donors (Lipinski definition) is 1. The highest BCUT2D eigenvalue weighted by atomic mass is 32.2. The van der Waals surface area contributed by atoms with Gasteiger partial charge in [0.2, 0.25) is 0 Å². The van der Waals surface area contributed by atoms with Crippen molar-refractivity contribution in [3.05, 3.63) is 24.3 Å². The summed E-state index contributed by atoms with van der Waals surface area (Å²) in [6, 6.07) is 0. The number of fused-ring (bicyclic) bond motifs is 6. The standard InChI is InChI=1S/C41H60O12S/c1-20-12-26-6-8-30-21(2)13-28(46-30)10-11-41-18-35-37(52-41)38-39(51-35)40(53-41)36-31(50-38)9-7-27(48-36)14-24(42)15-29-23(4)32(16-25(43)19-54(5,44)45)49-34(29)17-33(47-26)22(20)3/h20,23,25-40,43H,2-3,6-19H2,1,4-5H3/t20-,23-,25+,26+,27-,28+,29-,30?,31+,32?,33?,34+,35-,36+,37+,38+,39-,40+,41+/m1/s1. The summed E-state index contributed by atoms with van der Waals surface area (Å²) in [5.74, 6) is -0.995. The van der Waals surface area contributed by atoms with E-state index < -0.39 is 27.8 Å². The first-order valence-electron chi connectivity index (χ1n) is 20.7. The Hall–Kier alpha value is -1.26. The minimum absolute atomic E-state index is 0.0190. The van der Waals surface area contributed by atoms with Crippen molar-refractivity contribution >= 4 is 15.6 Å². The van der Waals surface area contributed by atoms with Crippen molar-refractivity contribution in [3.8, 4) is 0 Å². The summed E-state index contributed by atoms with van der Waals surface area (Å²) in [6.45, 7) is 13.1. The van der Waals surface area contributed by atoms with Crippen LogP contribution in [0.15, 0.2) is 24.3 Å². The molecule has 10 aliphatic heterocycles. The molecule has 12 nitrogen and oxygen atoms in total. The van der Waals surface area contributed by atoms with E-state index in [4.69, 9.17) is 37.9 Å². The SMILES string of the molecule is C=C1C[C@@H]2CC[C@@]34C[C@H]5O[C@H]6[C@@H](O3)[C@H]3O[C@H](CC[C@@H]3O[C@H]6[C@H]5O4)CC(=O)C[C@H]3[C@H](CC4O[C@@H](CCC1O2)C[C@@H](C)C4=C)OC(C[C@H](O)CS(C)(=O)=O)[C@@H]3C. The van der Waals surface area contributed by atoms with Crippen LogP contribution in [-0.2, 0) is 52.5 Å². The molecule has 10 rings (SSSR count). The number of rotatable bonds is 4. The highest BCUT2D eigenvalue weighted by Crippen LogP contribution is 2.54. The van der Waals surface area contributed by atoms with Crippen molar-refractivity contribution in [2.24, 2.45) is 17.8 Å². The molecular formula is C41H60O12S. The molecule has 10 fully saturated rings. The van der Waals surface area contributed by atoms with Gasteiger partial charge in [-0.1, -0.05) is 27.0 Å². The lowest BCUT2D eigenvalue weighted by Gasteiger charge is -2.47. The third-order valence-corrected chi connectivity index (χ3v) is 15.4. The Kier molecular flexibility index (Phi) is 10.3. The van der Waals surface area contributed by atoms with Gasteiger partial charge in [0.15, 0.2) is 5.79 Å². The first-order valence-corrected chi connectivity index (χ1v) is 22.8. The Morgan fingerprint density at radius 1 is 0.759 bits per heavy atom. The van der Waals surface area contributed by atoms with Crippen LogP contribution in [0, 0.1) is 17.8 Å². The van der Waals surface area contributed by atoms with Crippen LogP contribution in [0.2, 0.25) is 0 Å². The fraction of sp³-hybridized carbons (Fsp3) is 0.878. The van der Waals surface area contributed by atoms with Crippen molar-refractivity contribution in [3.63, 3.8) is 0 Å². The molecule has 10 heterocycles. The molecule has 0 amide bonds. The molecule has 0 aromatic rings. The van der Waals surface area contributed by atoms with Crippen LogP contribution in [0.3, 0.4) is 0 Å². The van der Waals surface area contributed by atoms with E-state index in [1.807, 2.05) is 0 Å². The monoisotopic (exact) mass is 776 g/mol. The lowest BCUT2D eigenvalue weighted by atomic mass is 9.79. The highest BCUT2D eigenvalue weighted by Gasteiger charge is 2.68. The summed E-state index contributed by atoms with van der Waals surface area (Å²) in [5.41, 5.74) is 2.16. The Balaban J connectivity index is 0.979. The predicted octanol–water partition coefficient (Wildman–Crippen LogP) is 4.15. The molecule has 302 valence electrons. The molecule has 0 aromatic heterocycles.